The number of rotatable bonds is 5. The molecule has 1 atom stereocenters. The van der Waals surface area contributed by atoms with E-state index in [4.69, 9.17) is 9.26 Å². The molecule has 0 unspecified atom stereocenters. The van der Waals surface area contributed by atoms with E-state index in [9.17, 15) is 4.79 Å². The standard InChI is InChI=1S/C19H24N4O3/c1-25-15-4-2-13(3-5-15)12-23-10-8-14(9-11-23)18-21-19(26-22-18)16-6-7-17(24)20-16/h2-5,14,16H,6-12H2,1H3,(H,20,24)/t16-/m0/s1. The van der Waals surface area contributed by atoms with Crippen LogP contribution in [0.5, 0.6) is 5.75 Å². The Morgan fingerprint density at radius 2 is 2.00 bits per heavy atom. The molecule has 0 radical (unpaired) electrons. The van der Waals surface area contributed by atoms with E-state index >= 15 is 0 Å². The molecular formula is C19H24N4O3. The van der Waals surface area contributed by atoms with Crippen molar-refractivity contribution >= 4 is 5.91 Å². The molecule has 0 saturated carbocycles. The van der Waals surface area contributed by atoms with Gasteiger partial charge >= 0.3 is 0 Å². The van der Waals surface area contributed by atoms with Crippen molar-refractivity contribution < 1.29 is 14.1 Å². The summed E-state index contributed by atoms with van der Waals surface area (Å²) in [7, 11) is 1.68. The lowest BCUT2D eigenvalue weighted by molar-refractivity contribution is -0.119. The maximum atomic E-state index is 11.3. The molecule has 4 rings (SSSR count). The van der Waals surface area contributed by atoms with E-state index in [2.05, 4.69) is 32.5 Å². The smallest absolute Gasteiger partial charge is 0.249 e. The molecule has 7 heteroatoms. The Hall–Kier alpha value is -2.41. The second-order valence-electron chi connectivity index (χ2n) is 7.05. The topological polar surface area (TPSA) is 80.5 Å². The number of amides is 1. The van der Waals surface area contributed by atoms with Crippen LogP contribution in [0.25, 0.3) is 0 Å². The zero-order valence-corrected chi connectivity index (χ0v) is 15.0. The molecule has 0 bridgehead atoms. The fourth-order valence-electron chi connectivity index (χ4n) is 3.69. The minimum Gasteiger partial charge on any atom is -0.497 e. The number of likely N-dealkylation sites (tertiary alicyclic amines) is 1. The van der Waals surface area contributed by atoms with Gasteiger partial charge in [0.15, 0.2) is 5.82 Å². The van der Waals surface area contributed by atoms with Crippen LogP contribution < -0.4 is 10.1 Å². The van der Waals surface area contributed by atoms with Gasteiger partial charge in [0.25, 0.3) is 0 Å². The van der Waals surface area contributed by atoms with Crippen molar-refractivity contribution in [1.29, 1.82) is 0 Å². The number of nitrogens with one attached hydrogen (secondary N) is 1. The molecule has 1 N–H and O–H groups in total. The fourth-order valence-corrected chi connectivity index (χ4v) is 3.69. The Morgan fingerprint density at radius 3 is 2.65 bits per heavy atom. The lowest BCUT2D eigenvalue weighted by Crippen LogP contribution is -2.32. The lowest BCUT2D eigenvalue weighted by atomic mass is 9.96. The highest BCUT2D eigenvalue weighted by Gasteiger charge is 2.30. The second-order valence-corrected chi connectivity index (χ2v) is 7.05. The first-order valence-corrected chi connectivity index (χ1v) is 9.19. The van der Waals surface area contributed by atoms with Crippen molar-refractivity contribution in [3.05, 3.63) is 41.5 Å². The van der Waals surface area contributed by atoms with Gasteiger partial charge in [-0.15, -0.1) is 0 Å². The summed E-state index contributed by atoms with van der Waals surface area (Å²) in [6.07, 6.45) is 3.31. The molecule has 2 fully saturated rings. The molecule has 0 spiro atoms. The number of methoxy groups -OCH3 is 1. The zero-order valence-electron chi connectivity index (χ0n) is 15.0. The van der Waals surface area contributed by atoms with Crippen LogP contribution in [0, 0.1) is 0 Å². The summed E-state index contributed by atoms with van der Waals surface area (Å²) < 4.78 is 10.6. The van der Waals surface area contributed by atoms with Crippen molar-refractivity contribution in [3.63, 3.8) is 0 Å². The molecular weight excluding hydrogens is 332 g/mol. The van der Waals surface area contributed by atoms with Gasteiger partial charge in [-0.2, -0.15) is 4.98 Å². The Balaban J connectivity index is 1.30. The van der Waals surface area contributed by atoms with Crippen molar-refractivity contribution in [2.24, 2.45) is 0 Å². The number of aromatic nitrogens is 2. The van der Waals surface area contributed by atoms with E-state index < -0.39 is 0 Å². The van der Waals surface area contributed by atoms with Crippen LogP contribution in [0.15, 0.2) is 28.8 Å². The number of ether oxygens (including phenoxy) is 1. The Bertz CT molecular complexity index is 750. The first-order valence-electron chi connectivity index (χ1n) is 9.19. The molecule has 2 aliphatic heterocycles. The van der Waals surface area contributed by atoms with Crippen LogP contribution in [-0.4, -0.2) is 41.1 Å². The highest BCUT2D eigenvalue weighted by atomic mass is 16.5. The van der Waals surface area contributed by atoms with Gasteiger partial charge in [-0.25, -0.2) is 0 Å². The minimum absolute atomic E-state index is 0.0570. The molecule has 7 nitrogen and oxygen atoms in total. The average Bonchev–Trinajstić information content (AvgIpc) is 3.32. The summed E-state index contributed by atoms with van der Waals surface area (Å²) >= 11 is 0. The van der Waals surface area contributed by atoms with Gasteiger partial charge in [0.05, 0.1) is 7.11 Å². The van der Waals surface area contributed by atoms with Crippen LogP contribution in [-0.2, 0) is 11.3 Å². The van der Waals surface area contributed by atoms with E-state index in [1.165, 1.54) is 5.56 Å². The summed E-state index contributed by atoms with van der Waals surface area (Å²) in [4.78, 5) is 18.4. The maximum absolute atomic E-state index is 11.3. The van der Waals surface area contributed by atoms with Crippen LogP contribution in [0.3, 0.4) is 0 Å². The number of hydrogen-bond donors (Lipinski definition) is 1. The number of benzene rings is 1. The van der Waals surface area contributed by atoms with Gasteiger partial charge in [-0.1, -0.05) is 17.3 Å². The molecule has 1 aromatic heterocycles. The largest absolute Gasteiger partial charge is 0.497 e. The predicted molar refractivity (Wildman–Crippen MR) is 94.7 cm³/mol. The lowest BCUT2D eigenvalue weighted by Gasteiger charge is -2.30. The highest BCUT2D eigenvalue weighted by Crippen LogP contribution is 2.29. The second kappa shape index (κ2) is 7.45. The van der Waals surface area contributed by atoms with Crippen LogP contribution in [0.4, 0.5) is 0 Å². The fraction of sp³-hybridized carbons (Fsp3) is 0.526. The Kier molecular flexibility index (Phi) is 4.88. The third-order valence-electron chi connectivity index (χ3n) is 5.27. The Morgan fingerprint density at radius 1 is 1.23 bits per heavy atom. The van der Waals surface area contributed by atoms with Crippen molar-refractivity contribution in [1.82, 2.24) is 20.4 Å². The summed E-state index contributed by atoms with van der Waals surface area (Å²) in [5.74, 6) is 2.61. The van der Waals surface area contributed by atoms with E-state index in [0.717, 1.165) is 50.5 Å². The summed E-state index contributed by atoms with van der Waals surface area (Å²) in [5.41, 5.74) is 1.29. The molecule has 26 heavy (non-hydrogen) atoms. The van der Waals surface area contributed by atoms with Gasteiger partial charge in [0.1, 0.15) is 11.8 Å². The zero-order chi connectivity index (χ0) is 17.9. The van der Waals surface area contributed by atoms with Crippen molar-refractivity contribution in [2.75, 3.05) is 20.2 Å². The SMILES string of the molecule is COc1ccc(CN2CCC(c3noc([C@@H]4CCC(=O)N4)n3)CC2)cc1. The molecule has 2 aromatic rings. The van der Waals surface area contributed by atoms with Gasteiger partial charge in [0, 0.05) is 18.9 Å². The highest BCUT2D eigenvalue weighted by molar-refractivity contribution is 5.78. The van der Waals surface area contributed by atoms with Crippen LogP contribution in [0.1, 0.15) is 54.9 Å². The molecule has 2 aliphatic rings. The van der Waals surface area contributed by atoms with Crippen LogP contribution >= 0.6 is 0 Å². The maximum Gasteiger partial charge on any atom is 0.249 e. The first kappa shape index (κ1) is 17.0. The monoisotopic (exact) mass is 356 g/mol. The van der Waals surface area contributed by atoms with Gasteiger partial charge < -0.3 is 14.6 Å². The number of piperidine rings is 1. The molecule has 138 valence electrons. The molecule has 1 amide bonds. The molecule has 0 aliphatic carbocycles. The van der Waals surface area contributed by atoms with E-state index in [1.807, 2.05) is 12.1 Å². The number of nitrogens with zero attached hydrogens (tertiary/aromatic N) is 3. The molecule has 3 heterocycles. The van der Waals surface area contributed by atoms with Gasteiger partial charge in [-0.3, -0.25) is 9.69 Å². The number of carbonyl (C=O) groups excluding carboxylic acids is 1. The minimum atomic E-state index is -0.112. The van der Waals surface area contributed by atoms with Crippen LogP contribution in [0.2, 0.25) is 0 Å². The third-order valence-corrected chi connectivity index (χ3v) is 5.27. The average molecular weight is 356 g/mol. The Labute approximate surface area is 152 Å². The van der Waals surface area contributed by atoms with E-state index in [0.29, 0.717) is 18.2 Å². The van der Waals surface area contributed by atoms with Crippen molar-refractivity contribution in [3.8, 4) is 5.75 Å². The first-order chi connectivity index (χ1) is 12.7. The summed E-state index contributed by atoms with van der Waals surface area (Å²) in [6, 6.07) is 8.13. The molecule has 1 aromatic carbocycles. The van der Waals surface area contributed by atoms with Gasteiger partial charge in [-0.05, 0) is 50.0 Å². The predicted octanol–water partition coefficient (Wildman–Crippen LogP) is 2.41. The quantitative estimate of drug-likeness (QED) is 0.886. The normalized spacial score (nSPS) is 21.7. The number of carbonyl (C=O) groups is 1. The number of hydrogen-bond acceptors (Lipinski definition) is 6. The summed E-state index contributed by atoms with van der Waals surface area (Å²) in [6.45, 7) is 2.98. The van der Waals surface area contributed by atoms with E-state index in [1.54, 1.807) is 7.11 Å². The summed E-state index contributed by atoms with van der Waals surface area (Å²) in [5, 5.41) is 7.04. The molecule has 2 saturated heterocycles. The van der Waals surface area contributed by atoms with Gasteiger partial charge in [0.2, 0.25) is 11.8 Å². The third kappa shape index (κ3) is 3.72. The van der Waals surface area contributed by atoms with Crippen molar-refractivity contribution in [2.45, 2.75) is 44.2 Å². The van der Waals surface area contributed by atoms with E-state index in [-0.39, 0.29) is 11.9 Å².